The second-order valence-corrected chi connectivity index (χ2v) is 6.68. The van der Waals surface area contributed by atoms with Gasteiger partial charge in [-0.2, -0.15) is 0 Å². The van der Waals surface area contributed by atoms with Gasteiger partial charge in [0.25, 0.3) is 0 Å². The first-order valence-corrected chi connectivity index (χ1v) is 9.28. The number of hydrogen-bond donors (Lipinski definition) is 1. The standard InChI is InChI=1S/C20H21BrO5/c1-2-3-4-5-12-25-18-11-8-15(21)13-17(18)20(24)26-16-9-6-14(7-10-16)19(22)23/h6-11,13H,2-5,12H2,1H3,(H,22,23). The van der Waals surface area contributed by atoms with Gasteiger partial charge >= 0.3 is 11.9 Å². The zero-order valence-corrected chi connectivity index (χ0v) is 16.1. The van der Waals surface area contributed by atoms with E-state index in [0.717, 1.165) is 30.2 Å². The van der Waals surface area contributed by atoms with Crippen LogP contribution in [0.2, 0.25) is 0 Å². The van der Waals surface area contributed by atoms with Crippen molar-refractivity contribution in [3.8, 4) is 11.5 Å². The highest BCUT2D eigenvalue weighted by Crippen LogP contribution is 2.25. The fraction of sp³-hybridized carbons (Fsp3) is 0.300. The highest BCUT2D eigenvalue weighted by atomic mass is 79.9. The molecule has 0 bridgehead atoms. The number of aromatic carboxylic acids is 1. The summed E-state index contributed by atoms with van der Waals surface area (Å²) in [4.78, 5) is 23.4. The van der Waals surface area contributed by atoms with E-state index in [0.29, 0.717) is 17.9 Å². The molecule has 0 radical (unpaired) electrons. The summed E-state index contributed by atoms with van der Waals surface area (Å²) in [6, 6.07) is 10.9. The molecule has 6 heteroatoms. The predicted octanol–water partition coefficient (Wildman–Crippen LogP) is 5.33. The Morgan fingerprint density at radius 1 is 1.04 bits per heavy atom. The Bertz CT molecular complexity index is 755. The number of halogens is 1. The second-order valence-electron chi connectivity index (χ2n) is 5.77. The number of carbonyl (C=O) groups excluding carboxylic acids is 1. The molecule has 26 heavy (non-hydrogen) atoms. The van der Waals surface area contributed by atoms with Gasteiger partial charge in [-0.3, -0.25) is 0 Å². The number of unbranched alkanes of at least 4 members (excludes halogenated alkanes) is 3. The van der Waals surface area contributed by atoms with Crippen LogP contribution in [0.4, 0.5) is 0 Å². The van der Waals surface area contributed by atoms with Crippen molar-refractivity contribution in [2.45, 2.75) is 32.6 Å². The Kier molecular flexibility index (Phi) is 7.66. The molecule has 5 nitrogen and oxygen atoms in total. The molecule has 0 saturated heterocycles. The smallest absolute Gasteiger partial charge is 0.347 e. The molecule has 0 heterocycles. The maximum Gasteiger partial charge on any atom is 0.347 e. The first kappa shape index (κ1) is 20.0. The molecule has 1 N–H and O–H groups in total. The molecule has 2 rings (SSSR count). The molecular formula is C20H21BrO5. The monoisotopic (exact) mass is 420 g/mol. The number of ether oxygens (including phenoxy) is 2. The van der Waals surface area contributed by atoms with E-state index in [2.05, 4.69) is 22.9 Å². The number of rotatable bonds is 9. The third-order valence-electron chi connectivity index (χ3n) is 3.73. The largest absolute Gasteiger partial charge is 0.493 e. The molecule has 0 aliphatic carbocycles. The summed E-state index contributed by atoms with van der Waals surface area (Å²) in [5.41, 5.74) is 0.445. The number of esters is 1. The third-order valence-corrected chi connectivity index (χ3v) is 4.22. The number of carboxylic acids is 1. The van der Waals surface area contributed by atoms with Gasteiger partial charge < -0.3 is 14.6 Å². The highest BCUT2D eigenvalue weighted by molar-refractivity contribution is 9.10. The number of carboxylic acid groups (broad SMARTS) is 1. The minimum absolute atomic E-state index is 0.128. The molecule has 0 aliphatic rings. The van der Waals surface area contributed by atoms with E-state index in [4.69, 9.17) is 14.6 Å². The third kappa shape index (κ3) is 5.88. The van der Waals surface area contributed by atoms with Gasteiger partial charge in [0.05, 0.1) is 12.2 Å². The van der Waals surface area contributed by atoms with Crippen LogP contribution in [0.5, 0.6) is 11.5 Å². The van der Waals surface area contributed by atoms with E-state index in [1.165, 1.54) is 24.3 Å². The van der Waals surface area contributed by atoms with Gasteiger partial charge in [-0.1, -0.05) is 42.1 Å². The molecule has 0 fully saturated rings. The van der Waals surface area contributed by atoms with Gasteiger partial charge in [-0.25, -0.2) is 9.59 Å². The first-order chi connectivity index (χ1) is 12.5. The van der Waals surface area contributed by atoms with Gasteiger partial charge in [0.2, 0.25) is 0 Å². The van der Waals surface area contributed by atoms with E-state index in [-0.39, 0.29) is 11.3 Å². The lowest BCUT2D eigenvalue weighted by Gasteiger charge is -2.12. The van der Waals surface area contributed by atoms with E-state index in [1.54, 1.807) is 18.2 Å². The second kappa shape index (κ2) is 9.97. The number of benzene rings is 2. The van der Waals surface area contributed by atoms with Crippen molar-refractivity contribution in [3.05, 3.63) is 58.1 Å². The predicted molar refractivity (Wildman–Crippen MR) is 102 cm³/mol. The van der Waals surface area contributed by atoms with Crippen molar-refractivity contribution in [3.63, 3.8) is 0 Å². The zero-order chi connectivity index (χ0) is 18.9. The van der Waals surface area contributed by atoms with Crippen molar-refractivity contribution in [1.82, 2.24) is 0 Å². The maximum absolute atomic E-state index is 12.5. The van der Waals surface area contributed by atoms with Crippen LogP contribution < -0.4 is 9.47 Å². The minimum atomic E-state index is -1.03. The van der Waals surface area contributed by atoms with E-state index < -0.39 is 11.9 Å². The SMILES string of the molecule is CCCCCCOc1ccc(Br)cc1C(=O)Oc1ccc(C(=O)O)cc1. The molecule has 138 valence electrons. The summed E-state index contributed by atoms with van der Waals surface area (Å²) in [6.45, 7) is 2.68. The Morgan fingerprint density at radius 3 is 2.42 bits per heavy atom. The molecule has 0 aromatic heterocycles. The van der Waals surface area contributed by atoms with Gasteiger partial charge in [0, 0.05) is 4.47 Å². The van der Waals surface area contributed by atoms with Crippen LogP contribution in [0.3, 0.4) is 0 Å². The minimum Gasteiger partial charge on any atom is -0.493 e. The lowest BCUT2D eigenvalue weighted by atomic mass is 10.2. The summed E-state index contributed by atoms with van der Waals surface area (Å²) in [6.07, 6.45) is 4.32. The van der Waals surface area contributed by atoms with Crippen molar-refractivity contribution < 1.29 is 24.2 Å². The van der Waals surface area contributed by atoms with E-state index in [1.807, 2.05) is 0 Å². The van der Waals surface area contributed by atoms with Crippen molar-refractivity contribution >= 4 is 27.9 Å². The fourth-order valence-electron chi connectivity index (χ4n) is 2.33. The topological polar surface area (TPSA) is 72.8 Å². The lowest BCUT2D eigenvalue weighted by molar-refractivity contribution is 0.0696. The zero-order valence-electron chi connectivity index (χ0n) is 14.5. The quantitative estimate of drug-likeness (QED) is 0.337. The van der Waals surface area contributed by atoms with Crippen LogP contribution in [0.1, 0.15) is 53.3 Å². The summed E-state index contributed by atoms with van der Waals surface area (Å²) in [5, 5.41) is 8.91. The molecule has 0 amide bonds. The van der Waals surface area contributed by atoms with E-state index >= 15 is 0 Å². The number of carbonyl (C=O) groups is 2. The maximum atomic E-state index is 12.5. The Morgan fingerprint density at radius 2 is 1.77 bits per heavy atom. The molecule has 0 saturated carbocycles. The molecule has 2 aromatic rings. The molecular weight excluding hydrogens is 400 g/mol. The molecule has 0 aliphatic heterocycles. The fourth-order valence-corrected chi connectivity index (χ4v) is 2.69. The van der Waals surface area contributed by atoms with Gasteiger partial charge in [0.15, 0.2) is 0 Å². The van der Waals surface area contributed by atoms with Crippen LogP contribution in [0.25, 0.3) is 0 Å². The summed E-state index contributed by atoms with van der Waals surface area (Å²) in [7, 11) is 0. The van der Waals surface area contributed by atoms with Gasteiger partial charge in [-0.15, -0.1) is 0 Å². The average molecular weight is 421 g/mol. The van der Waals surface area contributed by atoms with Crippen LogP contribution >= 0.6 is 15.9 Å². The summed E-state index contributed by atoms with van der Waals surface area (Å²) >= 11 is 3.35. The molecule has 2 aromatic carbocycles. The van der Waals surface area contributed by atoms with Crippen LogP contribution in [0.15, 0.2) is 46.9 Å². The van der Waals surface area contributed by atoms with Gasteiger partial charge in [-0.05, 0) is 48.9 Å². The van der Waals surface area contributed by atoms with Crippen LogP contribution in [0, 0.1) is 0 Å². The summed E-state index contributed by atoms with van der Waals surface area (Å²) < 4.78 is 11.8. The highest BCUT2D eigenvalue weighted by Gasteiger charge is 2.16. The van der Waals surface area contributed by atoms with Crippen LogP contribution in [-0.2, 0) is 0 Å². The normalized spacial score (nSPS) is 10.4. The molecule has 0 spiro atoms. The van der Waals surface area contributed by atoms with Crippen LogP contribution in [-0.4, -0.2) is 23.7 Å². The molecule has 0 atom stereocenters. The number of hydrogen-bond acceptors (Lipinski definition) is 4. The lowest BCUT2D eigenvalue weighted by Crippen LogP contribution is -2.11. The van der Waals surface area contributed by atoms with E-state index in [9.17, 15) is 9.59 Å². The Labute approximate surface area is 161 Å². The molecule has 0 unspecified atom stereocenters. The van der Waals surface area contributed by atoms with Crippen molar-refractivity contribution in [1.29, 1.82) is 0 Å². The summed E-state index contributed by atoms with van der Waals surface area (Å²) in [5.74, 6) is -0.850. The van der Waals surface area contributed by atoms with Gasteiger partial charge in [0.1, 0.15) is 17.1 Å². The first-order valence-electron chi connectivity index (χ1n) is 8.49. The van der Waals surface area contributed by atoms with Crippen molar-refractivity contribution in [2.75, 3.05) is 6.61 Å². The Balaban J connectivity index is 2.06. The Hall–Kier alpha value is -2.34. The average Bonchev–Trinajstić information content (AvgIpc) is 2.63. The van der Waals surface area contributed by atoms with Crippen molar-refractivity contribution in [2.24, 2.45) is 0 Å².